The third-order valence-electron chi connectivity index (χ3n) is 2.32. The molecule has 4 nitrogen and oxygen atoms in total. The fourth-order valence-electron chi connectivity index (χ4n) is 1.45. The van der Waals surface area contributed by atoms with E-state index in [1.165, 1.54) is 0 Å². The van der Waals surface area contributed by atoms with Crippen molar-refractivity contribution in [1.29, 1.82) is 5.41 Å². The molecule has 3 N–H and O–H groups in total. The maximum atomic E-state index is 7.37. The molecule has 2 heterocycles. The number of nitrogens with one attached hydrogen (secondary N) is 1. The Morgan fingerprint density at radius 2 is 2.12 bits per heavy atom. The zero-order chi connectivity index (χ0) is 12.3. The summed E-state index contributed by atoms with van der Waals surface area (Å²) in [6.07, 6.45) is 7.27. The minimum atomic E-state index is -0.0270. The summed E-state index contributed by atoms with van der Waals surface area (Å²) < 4.78 is 0. The molecule has 0 spiro atoms. The molecule has 0 fully saturated rings. The highest BCUT2D eigenvalue weighted by atomic mass is 32.2. The first kappa shape index (κ1) is 11.6. The van der Waals surface area contributed by atoms with Crippen molar-refractivity contribution in [2.24, 2.45) is 5.73 Å². The van der Waals surface area contributed by atoms with Crippen LogP contribution in [0.2, 0.25) is 0 Å². The molecule has 0 radical (unpaired) electrons. The molecular formula is C12H12N4S. The quantitative estimate of drug-likeness (QED) is 0.493. The summed E-state index contributed by atoms with van der Waals surface area (Å²) in [6, 6.07) is 5.73. The van der Waals surface area contributed by atoms with Crippen LogP contribution in [0.25, 0.3) is 11.1 Å². The summed E-state index contributed by atoms with van der Waals surface area (Å²) in [7, 11) is 0. The molecule has 17 heavy (non-hydrogen) atoms. The fraction of sp³-hybridized carbons (Fsp3) is 0.0833. The Kier molecular flexibility index (Phi) is 3.39. The lowest BCUT2D eigenvalue weighted by Crippen LogP contribution is -2.12. The maximum Gasteiger partial charge on any atom is 0.141 e. The largest absolute Gasteiger partial charge is 0.382 e. The Morgan fingerprint density at radius 3 is 2.82 bits per heavy atom. The highest BCUT2D eigenvalue weighted by Crippen LogP contribution is 2.23. The van der Waals surface area contributed by atoms with Crippen molar-refractivity contribution in [2.45, 2.75) is 4.90 Å². The van der Waals surface area contributed by atoms with Gasteiger partial charge in [-0.25, -0.2) is 0 Å². The van der Waals surface area contributed by atoms with Crippen LogP contribution in [0.5, 0.6) is 0 Å². The Morgan fingerprint density at radius 1 is 1.29 bits per heavy atom. The van der Waals surface area contributed by atoms with Gasteiger partial charge in [-0.15, -0.1) is 11.8 Å². The molecule has 86 valence electrons. The lowest BCUT2D eigenvalue weighted by atomic mass is 10.1. The summed E-state index contributed by atoms with van der Waals surface area (Å²) in [5.41, 5.74) is 7.87. The predicted octanol–water partition coefficient (Wildman–Crippen LogP) is 2.15. The SMILES string of the molecule is CSc1cncc(-c2ccnc(C(=N)N)c2)c1. The van der Waals surface area contributed by atoms with E-state index >= 15 is 0 Å². The van der Waals surface area contributed by atoms with Crippen molar-refractivity contribution in [2.75, 3.05) is 6.26 Å². The number of thioether (sulfide) groups is 1. The smallest absolute Gasteiger partial charge is 0.141 e. The molecule has 0 bridgehead atoms. The van der Waals surface area contributed by atoms with E-state index in [0.717, 1.165) is 16.0 Å². The number of hydrogen-bond acceptors (Lipinski definition) is 4. The molecule has 0 saturated heterocycles. The number of pyridine rings is 2. The van der Waals surface area contributed by atoms with E-state index in [1.54, 1.807) is 30.2 Å². The second kappa shape index (κ2) is 4.97. The van der Waals surface area contributed by atoms with E-state index in [2.05, 4.69) is 16.0 Å². The Labute approximate surface area is 104 Å². The van der Waals surface area contributed by atoms with Gasteiger partial charge in [0.15, 0.2) is 0 Å². The van der Waals surface area contributed by atoms with Gasteiger partial charge >= 0.3 is 0 Å². The van der Waals surface area contributed by atoms with Crippen LogP contribution < -0.4 is 5.73 Å². The number of hydrogen-bond donors (Lipinski definition) is 2. The molecule has 0 aliphatic carbocycles. The van der Waals surface area contributed by atoms with Crippen LogP contribution in [-0.4, -0.2) is 22.1 Å². The Balaban J connectivity index is 2.45. The van der Waals surface area contributed by atoms with Crippen LogP contribution >= 0.6 is 11.8 Å². The van der Waals surface area contributed by atoms with Gasteiger partial charge in [-0.1, -0.05) is 0 Å². The minimum Gasteiger partial charge on any atom is -0.382 e. The summed E-state index contributed by atoms with van der Waals surface area (Å²) in [5, 5.41) is 7.37. The van der Waals surface area contributed by atoms with Gasteiger partial charge in [-0.05, 0) is 30.0 Å². The minimum absolute atomic E-state index is 0.0270. The highest BCUT2D eigenvalue weighted by Gasteiger charge is 2.03. The van der Waals surface area contributed by atoms with Crippen molar-refractivity contribution in [3.05, 3.63) is 42.5 Å². The van der Waals surface area contributed by atoms with Crippen molar-refractivity contribution in [3.63, 3.8) is 0 Å². The molecule has 5 heteroatoms. The third-order valence-corrected chi connectivity index (χ3v) is 3.01. The van der Waals surface area contributed by atoms with Gasteiger partial charge in [-0.2, -0.15) is 0 Å². The standard InChI is InChI=1S/C12H12N4S/c1-17-10-4-9(6-15-7-10)8-2-3-16-11(5-8)12(13)14/h2-7H,1H3,(H3,13,14). The molecule has 0 aliphatic rings. The van der Waals surface area contributed by atoms with Gasteiger partial charge in [-0.3, -0.25) is 15.4 Å². The van der Waals surface area contributed by atoms with Crippen LogP contribution in [0, 0.1) is 5.41 Å². The van der Waals surface area contributed by atoms with Crippen LogP contribution in [0.3, 0.4) is 0 Å². The van der Waals surface area contributed by atoms with Gasteiger partial charge in [0.2, 0.25) is 0 Å². The van der Waals surface area contributed by atoms with E-state index < -0.39 is 0 Å². The molecule has 0 saturated carbocycles. The van der Waals surface area contributed by atoms with Crippen LogP contribution in [0.4, 0.5) is 0 Å². The van der Waals surface area contributed by atoms with Crippen molar-refractivity contribution < 1.29 is 0 Å². The monoisotopic (exact) mass is 244 g/mol. The van der Waals surface area contributed by atoms with E-state index in [1.807, 2.05) is 18.5 Å². The molecule has 0 unspecified atom stereocenters. The van der Waals surface area contributed by atoms with Crippen LogP contribution in [0.1, 0.15) is 5.69 Å². The second-order valence-electron chi connectivity index (χ2n) is 3.46. The van der Waals surface area contributed by atoms with E-state index in [0.29, 0.717) is 5.69 Å². The molecule has 0 aromatic carbocycles. The van der Waals surface area contributed by atoms with E-state index in [-0.39, 0.29) is 5.84 Å². The summed E-state index contributed by atoms with van der Waals surface area (Å²) in [6.45, 7) is 0. The average Bonchev–Trinajstić information content (AvgIpc) is 2.39. The van der Waals surface area contributed by atoms with Gasteiger partial charge in [0, 0.05) is 29.0 Å². The van der Waals surface area contributed by atoms with Crippen LogP contribution in [-0.2, 0) is 0 Å². The zero-order valence-electron chi connectivity index (χ0n) is 9.34. The topological polar surface area (TPSA) is 75.7 Å². The Bertz CT molecular complexity index is 554. The van der Waals surface area contributed by atoms with Gasteiger partial charge in [0.1, 0.15) is 11.5 Å². The van der Waals surface area contributed by atoms with E-state index in [9.17, 15) is 0 Å². The first-order chi connectivity index (χ1) is 8.20. The van der Waals surface area contributed by atoms with Crippen molar-refractivity contribution >= 4 is 17.6 Å². The van der Waals surface area contributed by atoms with Gasteiger partial charge < -0.3 is 5.73 Å². The van der Waals surface area contributed by atoms with Crippen molar-refractivity contribution in [3.8, 4) is 11.1 Å². The molecule has 2 rings (SSSR count). The average molecular weight is 244 g/mol. The molecular weight excluding hydrogens is 232 g/mol. The zero-order valence-corrected chi connectivity index (χ0v) is 10.2. The Hall–Kier alpha value is -1.88. The number of nitrogens with zero attached hydrogens (tertiary/aromatic N) is 2. The number of nitrogen functional groups attached to an aromatic ring is 1. The predicted molar refractivity (Wildman–Crippen MR) is 70.3 cm³/mol. The molecule has 0 atom stereocenters. The summed E-state index contributed by atoms with van der Waals surface area (Å²) >= 11 is 1.64. The number of aromatic nitrogens is 2. The highest BCUT2D eigenvalue weighted by molar-refractivity contribution is 7.98. The van der Waals surface area contributed by atoms with Gasteiger partial charge in [0.25, 0.3) is 0 Å². The lowest BCUT2D eigenvalue weighted by Gasteiger charge is -2.04. The molecule has 0 aliphatic heterocycles. The lowest BCUT2D eigenvalue weighted by molar-refractivity contribution is 1.23. The van der Waals surface area contributed by atoms with Crippen LogP contribution in [0.15, 0.2) is 41.7 Å². The molecule has 2 aromatic rings. The fourth-order valence-corrected chi connectivity index (χ4v) is 1.86. The first-order valence-corrected chi connectivity index (χ1v) is 6.23. The number of amidine groups is 1. The summed E-state index contributed by atoms with van der Waals surface area (Å²) in [4.78, 5) is 9.31. The maximum absolute atomic E-state index is 7.37. The third kappa shape index (κ3) is 2.62. The number of rotatable bonds is 3. The molecule has 0 amide bonds. The normalized spacial score (nSPS) is 10.2. The van der Waals surface area contributed by atoms with Gasteiger partial charge in [0.05, 0.1) is 0 Å². The number of nitrogens with two attached hydrogens (primary N) is 1. The summed E-state index contributed by atoms with van der Waals surface area (Å²) in [5.74, 6) is -0.0270. The van der Waals surface area contributed by atoms with Crippen molar-refractivity contribution in [1.82, 2.24) is 9.97 Å². The molecule has 2 aromatic heterocycles. The first-order valence-electron chi connectivity index (χ1n) is 5.00. The second-order valence-corrected chi connectivity index (χ2v) is 4.34. The van der Waals surface area contributed by atoms with E-state index in [4.69, 9.17) is 11.1 Å².